The van der Waals surface area contributed by atoms with Crippen LogP contribution in [0.5, 0.6) is 0 Å². The third-order valence-corrected chi connectivity index (χ3v) is 1.62. The van der Waals surface area contributed by atoms with E-state index < -0.39 is 5.97 Å². The zero-order valence-corrected chi connectivity index (χ0v) is 7.50. The summed E-state index contributed by atoms with van der Waals surface area (Å²) in [6, 6.07) is 0.191. The molecule has 0 saturated carbocycles. The Morgan fingerprint density at radius 2 is 2.25 bits per heavy atom. The van der Waals surface area contributed by atoms with Crippen LogP contribution in [0.2, 0.25) is 0 Å². The molecule has 2 atom stereocenters. The van der Waals surface area contributed by atoms with Gasteiger partial charge in [-0.05, 0) is 6.92 Å². The molecule has 0 aromatic rings. The van der Waals surface area contributed by atoms with Crippen LogP contribution in [0.15, 0.2) is 0 Å². The highest BCUT2D eigenvalue weighted by atomic mass is 16.4. The van der Waals surface area contributed by atoms with E-state index in [-0.39, 0.29) is 12.0 Å². The molecule has 3 heteroatoms. The zero-order chi connectivity index (χ0) is 9.56. The molecule has 0 aromatic heterocycles. The minimum atomic E-state index is -0.782. The Morgan fingerprint density at radius 1 is 1.67 bits per heavy atom. The van der Waals surface area contributed by atoms with Crippen LogP contribution in [0.1, 0.15) is 20.3 Å². The van der Waals surface area contributed by atoms with Crippen molar-refractivity contribution in [3.05, 3.63) is 0 Å². The molecule has 0 spiro atoms. The summed E-state index contributed by atoms with van der Waals surface area (Å²) in [7, 11) is 0. The molecule has 0 aliphatic carbocycles. The highest BCUT2D eigenvalue weighted by molar-refractivity contribution is 5.69. The maximum absolute atomic E-state index is 10.4. The number of hydrogen-bond donors (Lipinski definition) is 2. The lowest BCUT2D eigenvalue weighted by atomic mass is 10.1. The highest BCUT2D eigenvalue weighted by Crippen LogP contribution is 1.94. The average Bonchev–Trinajstić information content (AvgIpc) is 2.00. The van der Waals surface area contributed by atoms with Crippen molar-refractivity contribution in [3.8, 4) is 12.3 Å². The van der Waals surface area contributed by atoms with Gasteiger partial charge in [0.25, 0.3) is 0 Å². The monoisotopic (exact) mass is 169 g/mol. The predicted molar refractivity (Wildman–Crippen MR) is 47.7 cm³/mol. The molecule has 0 heterocycles. The molecule has 2 unspecified atom stereocenters. The van der Waals surface area contributed by atoms with Crippen molar-refractivity contribution in [1.29, 1.82) is 0 Å². The van der Waals surface area contributed by atoms with Gasteiger partial charge in [-0.3, -0.25) is 4.79 Å². The summed E-state index contributed by atoms with van der Waals surface area (Å²) in [5.74, 6) is 1.37. The highest BCUT2D eigenvalue weighted by Gasteiger charge is 2.10. The molecule has 2 N–H and O–H groups in total. The van der Waals surface area contributed by atoms with E-state index in [4.69, 9.17) is 11.5 Å². The van der Waals surface area contributed by atoms with Gasteiger partial charge in [-0.15, -0.1) is 12.3 Å². The number of carboxylic acid groups (broad SMARTS) is 1. The van der Waals surface area contributed by atoms with E-state index in [1.165, 1.54) is 0 Å². The summed E-state index contributed by atoms with van der Waals surface area (Å²) in [5.41, 5.74) is 0. The second-order valence-corrected chi connectivity index (χ2v) is 2.96. The fourth-order valence-electron chi connectivity index (χ4n) is 0.714. The number of nitrogens with one attached hydrogen (secondary N) is 1. The predicted octanol–water partition coefficient (Wildman–Crippen LogP) is 0.709. The SMILES string of the molecule is C#CCC(C)NCC(C)C(=O)O. The Balaban J connectivity index is 3.55. The maximum atomic E-state index is 10.4. The van der Waals surface area contributed by atoms with Crippen molar-refractivity contribution >= 4 is 5.97 Å². The summed E-state index contributed by atoms with van der Waals surface area (Å²) in [6.45, 7) is 4.07. The minimum Gasteiger partial charge on any atom is -0.481 e. The maximum Gasteiger partial charge on any atom is 0.307 e. The van der Waals surface area contributed by atoms with Crippen molar-refractivity contribution in [1.82, 2.24) is 5.32 Å². The third-order valence-electron chi connectivity index (χ3n) is 1.62. The van der Waals surface area contributed by atoms with Crippen molar-refractivity contribution in [2.24, 2.45) is 5.92 Å². The number of terminal acetylenes is 1. The lowest BCUT2D eigenvalue weighted by molar-refractivity contribution is -0.140. The Hall–Kier alpha value is -1.01. The Morgan fingerprint density at radius 3 is 2.67 bits per heavy atom. The molecule has 0 aromatic carbocycles. The zero-order valence-electron chi connectivity index (χ0n) is 7.50. The van der Waals surface area contributed by atoms with Crippen LogP contribution in [0, 0.1) is 18.3 Å². The quantitative estimate of drug-likeness (QED) is 0.596. The number of rotatable bonds is 5. The topological polar surface area (TPSA) is 49.3 Å². The normalized spacial score (nSPS) is 14.8. The first-order chi connectivity index (χ1) is 5.57. The molecular weight excluding hydrogens is 154 g/mol. The number of aliphatic carboxylic acids is 1. The van der Waals surface area contributed by atoms with Crippen LogP contribution in [-0.4, -0.2) is 23.7 Å². The molecule has 0 radical (unpaired) electrons. The van der Waals surface area contributed by atoms with E-state index in [1.807, 2.05) is 6.92 Å². The number of carboxylic acids is 1. The van der Waals surface area contributed by atoms with Crippen LogP contribution in [0.4, 0.5) is 0 Å². The lowest BCUT2D eigenvalue weighted by Gasteiger charge is -2.12. The van der Waals surface area contributed by atoms with Gasteiger partial charge in [-0.25, -0.2) is 0 Å². The van der Waals surface area contributed by atoms with Gasteiger partial charge in [0.15, 0.2) is 0 Å². The van der Waals surface area contributed by atoms with Crippen molar-refractivity contribution in [2.45, 2.75) is 26.3 Å². The summed E-state index contributed by atoms with van der Waals surface area (Å²) in [4.78, 5) is 10.4. The molecular formula is C9H15NO2. The second-order valence-electron chi connectivity index (χ2n) is 2.96. The molecule has 0 rings (SSSR count). The van der Waals surface area contributed by atoms with E-state index in [0.717, 1.165) is 0 Å². The van der Waals surface area contributed by atoms with Crippen molar-refractivity contribution < 1.29 is 9.90 Å². The van der Waals surface area contributed by atoms with Gasteiger partial charge in [0.05, 0.1) is 5.92 Å². The van der Waals surface area contributed by atoms with Gasteiger partial charge in [-0.2, -0.15) is 0 Å². The van der Waals surface area contributed by atoms with Gasteiger partial charge in [0, 0.05) is 19.0 Å². The van der Waals surface area contributed by atoms with Crippen molar-refractivity contribution in [2.75, 3.05) is 6.54 Å². The van der Waals surface area contributed by atoms with Crippen LogP contribution in [0.25, 0.3) is 0 Å². The standard InChI is InChI=1S/C9H15NO2/c1-4-5-8(3)10-6-7(2)9(11)12/h1,7-8,10H,5-6H2,2-3H3,(H,11,12). The summed E-state index contributed by atoms with van der Waals surface area (Å²) in [5, 5.41) is 11.6. The summed E-state index contributed by atoms with van der Waals surface area (Å²) >= 11 is 0. The molecule has 0 amide bonds. The molecule has 0 bridgehead atoms. The fourth-order valence-corrected chi connectivity index (χ4v) is 0.714. The van der Waals surface area contributed by atoms with E-state index in [2.05, 4.69) is 11.2 Å². The molecule has 12 heavy (non-hydrogen) atoms. The third kappa shape index (κ3) is 4.75. The van der Waals surface area contributed by atoms with Crippen LogP contribution >= 0.6 is 0 Å². The van der Waals surface area contributed by atoms with Gasteiger partial charge >= 0.3 is 5.97 Å². The van der Waals surface area contributed by atoms with E-state index in [9.17, 15) is 4.79 Å². The largest absolute Gasteiger partial charge is 0.481 e. The number of carbonyl (C=O) groups is 1. The molecule has 0 aliphatic heterocycles. The van der Waals surface area contributed by atoms with E-state index in [0.29, 0.717) is 13.0 Å². The Kier molecular flexibility index (Phi) is 5.14. The first kappa shape index (κ1) is 11.0. The smallest absolute Gasteiger partial charge is 0.307 e. The van der Waals surface area contributed by atoms with Gasteiger partial charge < -0.3 is 10.4 Å². The first-order valence-electron chi connectivity index (χ1n) is 3.97. The fraction of sp³-hybridized carbons (Fsp3) is 0.667. The summed E-state index contributed by atoms with van der Waals surface area (Å²) < 4.78 is 0. The molecule has 0 fully saturated rings. The van der Waals surface area contributed by atoms with E-state index >= 15 is 0 Å². The second kappa shape index (κ2) is 5.62. The van der Waals surface area contributed by atoms with Crippen LogP contribution in [-0.2, 0) is 4.79 Å². The minimum absolute atomic E-state index is 0.191. The first-order valence-corrected chi connectivity index (χ1v) is 3.97. The van der Waals surface area contributed by atoms with E-state index in [1.54, 1.807) is 6.92 Å². The van der Waals surface area contributed by atoms with Gasteiger partial charge in [0.1, 0.15) is 0 Å². The molecule has 68 valence electrons. The summed E-state index contributed by atoms with van der Waals surface area (Å²) in [6.07, 6.45) is 5.72. The Bertz CT molecular complexity index is 183. The van der Waals surface area contributed by atoms with Crippen LogP contribution < -0.4 is 5.32 Å². The molecule has 0 aliphatic rings. The van der Waals surface area contributed by atoms with Gasteiger partial charge in [-0.1, -0.05) is 6.92 Å². The Labute approximate surface area is 73.2 Å². The molecule has 0 saturated heterocycles. The van der Waals surface area contributed by atoms with Gasteiger partial charge in [0.2, 0.25) is 0 Å². The number of hydrogen-bond acceptors (Lipinski definition) is 2. The van der Waals surface area contributed by atoms with Crippen LogP contribution in [0.3, 0.4) is 0 Å². The molecule has 3 nitrogen and oxygen atoms in total. The average molecular weight is 169 g/mol. The van der Waals surface area contributed by atoms with Crippen molar-refractivity contribution in [3.63, 3.8) is 0 Å². The lowest BCUT2D eigenvalue weighted by Crippen LogP contribution is -2.32.